The van der Waals surface area contributed by atoms with Crippen LogP contribution in [-0.4, -0.2) is 48.7 Å². The number of halogens is 3. The summed E-state index contributed by atoms with van der Waals surface area (Å²) >= 11 is 0.854. The van der Waals surface area contributed by atoms with E-state index < -0.39 is 23.9 Å². The molecule has 0 bridgehead atoms. The van der Waals surface area contributed by atoms with Gasteiger partial charge < -0.3 is 19.5 Å². The normalized spacial score (nSPS) is 13.4. The van der Waals surface area contributed by atoms with Gasteiger partial charge in [0.2, 0.25) is 0 Å². The largest absolute Gasteiger partial charge is 0.494 e. The van der Waals surface area contributed by atoms with Gasteiger partial charge in [-0.1, -0.05) is 11.3 Å². The highest BCUT2D eigenvalue weighted by molar-refractivity contribution is 7.22. The first-order valence-corrected chi connectivity index (χ1v) is 9.48. The summed E-state index contributed by atoms with van der Waals surface area (Å²) in [6.45, 7) is 4.44. The Morgan fingerprint density at radius 3 is 2.38 bits per heavy atom. The molecule has 2 rings (SSSR count). The molecule has 2 N–H and O–H groups in total. The number of hydrogen-bond acceptors (Lipinski definition) is 8. The summed E-state index contributed by atoms with van der Waals surface area (Å²) in [5.74, 6) is -1.22. The van der Waals surface area contributed by atoms with Crippen LogP contribution in [0.15, 0.2) is 18.2 Å². The quantitative estimate of drug-likeness (QED) is 0.482. The fourth-order valence-corrected chi connectivity index (χ4v) is 3.28. The summed E-state index contributed by atoms with van der Waals surface area (Å²) in [6.07, 6.45) is -6.70. The number of carbonyl (C=O) groups is 2. The molecule has 0 aliphatic rings. The summed E-state index contributed by atoms with van der Waals surface area (Å²) < 4.78 is 56.9. The third-order valence-corrected chi connectivity index (χ3v) is 4.47. The number of ether oxygens (including phenoxy) is 3. The molecular formula is C17H20F3N3O5S. The lowest BCUT2D eigenvalue weighted by atomic mass is 10.1. The fourth-order valence-electron chi connectivity index (χ4n) is 2.33. The second kappa shape index (κ2) is 9.16. The molecule has 0 spiro atoms. The molecule has 29 heavy (non-hydrogen) atoms. The predicted octanol–water partition coefficient (Wildman–Crippen LogP) is 3.67. The number of nitrogens with zero attached hydrogens (tertiary/aromatic N) is 1. The Labute approximate surface area is 168 Å². The van der Waals surface area contributed by atoms with Gasteiger partial charge in [-0.2, -0.15) is 13.2 Å². The zero-order valence-electron chi connectivity index (χ0n) is 15.9. The van der Waals surface area contributed by atoms with Crippen molar-refractivity contribution in [3.8, 4) is 5.75 Å². The van der Waals surface area contributed by atoms with E-state index in [2.05, 4.69) is 14.5 Å². The van der Waals surface area contributed by atoms with Crippen LogP contribution in [0.5, 0.6) is 5.75 Å². The highest BCUT2D eigenvalue weighted by Gasteiger charge is 2.64. The van der Waals surface area contributed by atoms with Crippen LogP contribution < -0.4 is 15.4 Å². The standard InChI is InChI=1S/C17H20F3N3O5S/c1-4-26-10-7-8-11-12(9-10)29-14(21-11)22-16(17(18,19)20,13(24)27-5-2)23-15(25)28-6-3/h7-9H,4-6H2,1-3H3,(H,21,22)(H,23,25). The highest BCUT2D eigenvalue weighted by Crippen LogP contribution is 2.36. The van der Waals surface area contributed by atoms with Gasteiger partial charge in [0.15, 0.2) is 5.13 Å². The summed E-state index contributed by atoms with van der Waals surface area (Å²) in [7, 11) is 0. The number of fused-ring (bicyclic) bond motifs is 1. The fraction of sp³-hybridized carbons (Fsp3) is 0.471. The van der Waals surface area contributed by atoms with Crippen LogP contribution in [0.25, 0.3) is 10.2 Å². The van der Waals surface area contributed by atoms with E-state index in [-0.39, 0.29) is 18.3 Å². The van der Waals surface area contributed by atoms with E-state index in [0.717, 1.165) is 11.3 Å². The Bertz CT molecular complexity index is 874. The van der Waals surface area contributed by atoms with Gasteiger partial charge in [-0.05, 0) is 39.0 Å². The van der Waals surface area contributed by atoms with Gasteiger partial charge in [0.25, 0.3) is 0 Å². The molecule has 0 fully saturated rings. The number of esters is 1. The van der Waals surface area contributed by atoms with Crippen LogP contribution in [0.3, 0.4) is 0 Å². The zero-order valence-corrected chi connectivity index (χ0v) is 16.7. The summed E-state index contributed by atoms with van der Waals surface area (Å²) in [5.41, 5.74) is -3.19. The molecule has 160 valence electrons. The van der Waals surface area contributed by atoms with Gasteiger partial charge in [0.1, 0.15) is 5.75 Å². The second-order valence-corrected chi connectivity index (χ2v) is 6.55. The van der Waals surface area contributed by atoms with E-state index in [1.807, 2.05) is 5.32 Å². The Kier molecular flexibility index (Phi) is 7.11. The van der Waals surface area contributed by atoms with Gasteiger partial charge in [-0.15, -0.1) is 0 Å². The number of amides is 1. The topological polar surface area (TPSA) is 98.8 Å². The zero-order chi connectivity index (χ0) is 21.7. The maximum absolute atomic E-state index is 14.0. The molecular weight excluding hydrogens is 415 g/mol. The van der Waals surface area contributed by atoms with E-state index in [9.17, 15) is 22.8 Å². The molecule has 1 aromatic heterocycles. The van der Waals surface area contributed by atoms with Crippen LogP contribution in [0.2, 0.25) is 0 Å². The molecule has 1 heterocycles. The van der Waals surface area contributed by atoms with Crippen LogP contribution in [-0.2, 0) is 14.3 Å². The maximum atomic E-state index is 14.0. The number of hydrogen-bond donors (Lipinski definition) is 2. The van der Waals surface area contributed by atoms with Gasteiger partial charge >= 0.3 is 23.9 Å². The molecule has 0 saturated heterocycles. The summed E-state index contributed by atoms with van der Waals surface area (Å²) in [5, 5.41) is 3.30. The monoisotopic (exact) mass is 435 g/mol. The number of thiazole rings is 1. The Morgan fingerprint density at radius 1 is 1.10 bits per heavy atom. The van der Waals surface area contributed by atoms with Crippen molar-refractivity contribution in [2.45, 2.75) is 32.6 Å². The number of anilines is 1. The Morgan fingerprint density at radius 2 is 1.79 bits per heavy atom. The van der Waals surface area contributed by atoms with Crippen molar-refractivity contribution in [1.29, 1.82) is 0 Å². The van der Waals surface area contributed by atoms with Crippen molar-refractivity contribution >= 4 is 38.7 Å². The van der Waals surface area contributed by atoms with Gasteiger partial charge in [-0.25, -0.2) is 14.6 Å². The minimum absolute atomic E-state index is 0.191. The van der Waals surface area contributed by atoms with Crippen LogP contribution in [0.1, 0.15) is 20.8 Å². The van der Waals surface area contributed by atoms with Gasteiger partial charge in [0.05, 0.1) is 30.0 Å². The first-order chi connectivity index (χ1) is 13.7. The minimum Gasteiger partial charge on any atom is -0.494 e. The van der Waals surface area contributed by atoms with E-state index in [1.165, 1.54) is 13.8 Å². The summed E-state index contributed by atoms with van der Waals surface area (Å²) in [6, 6.07) is 4.80. The van der Waals surface area contributed by atoms with E-state index >= 15 is 0 Å². The lowest BCUT2D eigenvalue weighted by molar-refractivity contribution is -0.205. The number of aromatic nitrogens is 1. The Hall–Kier alpha value is -2.76. The number of benzene rings is 1. The van der Waals surface area contributed by atoms with Crippen molar-refractivity contribution in [1.82, 2.24) is 10.3 Å². The van der Waals surface area contributed by atoms with Gasteiger partial charge in [0, 0.05) is 0 Å². The molecule has 1 atom stereocenters. The smallest absolute Gasteiger partial charge is 0.442 e. The van der Waals surface area contributed by atoms with Crippen molar-refractivity contribution < 1.29 is 37.0 Å². The predicted molar refractivity (Wildman–Crippen MR) is 100.0 cm³/mol. The molecule has 12 heteroatoms. The molecule has 0 saturated carbocycles. The van der Waals surface area contributed by atoms with Crippen LogP contribution in [0, 0.1) is 0 Å². The van der Waals surface area contributed by atoms with Crippen molar-refractivity contribution in [2.24, 2.45) is 0 Å². The molecule has 1 unspecified atom stereocenters. The number of carbonyl (C=O) groups excluding carboxylic acids is 2. The average Bonchev–Trinajstić information content (AvgIpc) is 3.02. The molecule has 0 radical (unpaired) electrons. The molecule has 0 aliphatic heterocycles. The highest BCUT2D eigenvalue weighted by atomic mass is 32.1. The van der Waals surface area contributed by atoms with E-state index in [1.54, 1.807) is 30.4 Å². The molecule has 2 aromatic rings. The number of alkyl carbamates (subject to hydrolysis) is 1. The third kappa shape index (κ3) is 5.00. The van der Waals surface area contributed by atoms with Crippen molar-refractivity contribution in [3.63, 3.8) is 0 Å². The second-order valence-electron chi connectivity index (χ2n) is 5.52. The van der Waals surface area contributed by atoms with Crippen molar-refractivity contribution in [2.75, 3.05) is 25.1 Å². The molecule has 8 nitrogen and oxygen atoms in total. The first-order valence-electron chi connectivity index (χ1n) is 8.67. The number of alkyl halides is 3. The van der Waals surface area contributed by atoms with Crippen LogP contribution in [0.4, 0.5) is 23.1 Å². The lowest BCUT2D eigenvalue weighted by Crippen LogP contribution is -2.69. The summed E-state index contributed by atoms with van der Waals surface area (Å²) in [4.78, 5) is 28.1. The van der Waals surface area contributed by atoms with E-state index in [0.29, 0.717) is 22.6 Å². The molecule has 0 aliphatic carbocycles. The maximum Gasteiger partial charge on any atom is 0.442 e. The first kappa shape index (κ1) is 22.5. The van der Waals surface area contributed by atoms with E-state index in [4.69, 9.17) is 4.74 Å². The molecule has 1 amide bonds. The van der Waals surface area contributed by atoms with Gasteiger partial charge in [-0.3, -0.25) is 5.32 Å². The molecule has 1 aromatic carbocycles. The van der Waals surface area contributed by atoms with Crippen LogP contribution >= 0.6 is 11.3 Å². The average molecular weight is 435 g/mol. The lowest BCUT2D eigenvalue weighted by Gasteiger charge is -2.33. The number of rotatable bonds is 8. The SMILES string of the molecule is CCOC(=O)NC(Nc1nc2ccc(OCC)cc2s1)(C(=O)OCC)C(F)(F)F. The minimum atomic E-state index is -5.26. The third-order valence-electron chi connectivity index (χ3n) is 3.54. The number of nitrogens with one attached hydrogen (secondary N) is 2. The Balaban J connectivity index is 2.48. The van der Waals surface area contributed by atoms with Crippen molar-refractivity contribution in [3.05, 3.63) is 18.2 Å².